The molecule has 76 valence electrons. The van der Waals surface area contributed by atoms with E-state index in [-0.39, 0.29) is 5.90 Å². The van der Waals surface area contributed by atoms with Gasteiger partial charge in [0.15, 0.2) is 0 Å². The van der Waals surface area contributed by atoms with Crippen LogP contribution in [0, 0.1) is 5.41 Å². The molecule has 0 aromatic heterocycles. The van der Waals surface area contributed by atoms with Crippen molar-refractivity contribution in [2.24, 2.45) is 0 Å². The maximum atomic E-state index is 7.56. The molecule has 0 saturated heterocycles. The Bertz CT molecular complexity index is 336. The summed E-state index contributed by atoms with van der Waals surface area (Å²) in [5.41, 5.74) is 7.93. The average Bonchev–Trinajstić information content (AvgIpc) is 2.18. The second-order valence-electron chi connectivity index (χ2n) is 2.81. The molecule has 0 amide bonds. The highest BCUT2D eigenvalue weighted by Gasteiger charge is 2.04. The Labute approximate surface area is 83.6 Å². The van der Waals surface area contributed by atoms with Crippen LogP contribution >= 0.6 is 0 Å². The molecule has 0 heterocycles. The highest BCUT2D eigenvalue weighted by molar-refractivity contribution is 5.93. The molecule has 0 spiro atoms. The lowest BCUT2D eigenvalue weighted by Crippen LogP contribution is -2.06. The molecule has 4 nitrogen and oxygen atoms in total. The normalized spacial score (nSPS) is 9.57. The number of anilines is 2. The maximum Gasteiger partial charge on any atom is 0.213 e. The summed E-state index contributed by atoms with van der Waals surface area (Å²) in [6, 6.07) is 5.36. The number of nitrogen functional groups attached to an aromatic ring is 1. The van der Waals surface area contributed by atoms with Crippen LogP contribution in [0.4, 0.5) is 11.4 Å². The van der Waals surface area contributed by atoms with Crippen LogP contribution in [0.1, 0.15) is 12.5 Å². The van der Waals surface area contributed by atoms with Crippen molar-refractivity contribution < 1.29 is 4.74 Å². The van der Waals surface area contributed by atoms with Gasteiger partial charge in [0.25, 0.3) is 0 Å². The van der Waals surface area contributed by atoms with Gasteiger partial charge in [-0.2, -0.15) is 0 Å². The zero-order valence-electron chi connectivity index (χ0n) is 8.42. The van der Waals surface area contributed by atoms with Crippen LogP contribution in [0.25, 0.3) is 0 Å². The van der Waals surface area contributed by atoms with Crippen molar-refractivity contribution in [3.8, 4) is 0 Å². The van der Waals surface area contributed by atoms with Gasteiger partial charge in [0.1, 0.15) is 0 Å². The summed E-state index contributed by atoms with van der Waals surface area (Å²) in [4.78, 5) is 0. The number of ether oxygens (including phenoxy) is 1. The van der Waals surface area contributed by atoms with Gasteiger partial charge in [-0.1, -0.05) is 0 Å². The van der Waals surface area contributed by atoms with Gasteiger partial charge >= 0.3 is 0 Å². The molecule has 0 bridgehead atoms. The van der Waals surface area contributed by atoms with Gasteiger partial charge < -0.3 is 15.8 Å². The summed E-state index contributed by atoms with van der Waals surface area (Å²) in [6.45, 7) is 2.34. The topological polar surface area (TPSA) is 71.1 Å². The Kier molecular flexibility index (Phi) is 3.34. The standard InChI is InChI=1S/C10H15N3O/c1-3-14-10(12)7-4-5-9(13-2)8(11)6-7/h4-6,12-13H,3,11H2,1-2H3. The van der Waals surface area contributed by atoms with Crippen molar-refractivity contribution in [3.63, 3.8) is 0 Å². The predicted molar refractivity (Wildman–Crippen MR) is 58.9 cm³/mol. The van der Waals surface area contributed by atoms with Crippen LogP contribution < -0.4 is 11.1 Å². The quantitative estimate of drug-likeness (QED) is 0.388. The lowest BCUT2D eigenvalue weighted by atomic mass is 10.1. The van der Waals surface area contributed by atoms with E-state index in [1.165, 1.54) is 0 Å². The molecular formula is C10H15N3O. The van der Waals surface area contributed by atoms with E-state index in [9.17, 15) is 0 Å². The predicted octanol–water partition coefficient (Wildman–Crippen LogP) is 1.67. The minimum atomic E-state index is 0.154. The Morgan fingerprint density at radius 2 is 2.29 bits per heavy atom. The van der Waals surface area contributed by atoms with Gasteiger partial charge in [-0.05, 0) is 25.1 Å². The van der Waals surface area contributed by atoms with Crippen LogP contribution in [-0.4, -0.2) is 19.6 Å². The second kappa shape index (κ2) is 4.50. The van der Waals surface area contributed by atoms with E-state index in [2.05, 4.69) is 5.32 Å². The summed E-state index contributed by atoms with van der Waals surface area (Å²) in [6.07, 6.45) is 0. The lowest BCUT2D eigenvalue weighted by molar-refractivity contribution is 0.325. The second-order valence-corrected chi connectivity index (χ2v) is 2.81. The maximum absolute atomic E-state index is 7.56. The van der Waals surface area contributed by atoms with Gasteiger partial charge in [0, 0.05) is 12.6 Å². The monoisotopic (exact) mass is 193 g/mol. The molecule has 1 rings (SSSR count). The SMILES string of the molecule is CCOC(=N)c1ccc(NC)c(N)c1. The van der Waals surface area contributed by atoms with E-state index >= 15 is 0 Å². The van der Waals surface area contributed by atoms with Crippen molar-refractivity contribution in [2.75, 3.05) is 24.7 Å². The molecule has 4 N–H and O–H groups in total. The highest BCUT2D eigenvalue weighted by atomic mass is 16.5. The third-order valence-electron chi connectivity index (χ3n) is 1.87. The Morgan fingerprint density at radius 3 is 2.79 bits per heavy atom. The van der Waals surface area contributed by atoms with Gasteiger partial charge in [-0.3, -0.25) is 5.41 Å². The molecule has 0 atom stereocenters. The number of rotatable bonds is 3. The Hall–Kier alpha value is -1.71. The van der Waals surface area contributed by atoms with Crippen molar-refractivity contribution in [1.82, 2.24) is 0 Å². The Morgan fingerprint density at radius 1 is 1.57 bits per heavy atom. The molecule has 1 aromatic carbocycles. The number of hydrogen-bond donors (Lipinski definition) is 3. The van der Waals surface area contributed by atoms with Crippen molar-refractivity contribution in [3.05, 3.63) is 23.8 Å². The first-order chi connectivity index (χ1) is 6.69. The molecule has 0 fully saturated rings. The summed E-state index contributed by atoms with van der Waals surface area (Å²) in [5, 5.41) is 10.5. The van der Waals surface area contributed by atoms with Crippen LogP contribution in [0.2, 0.25) is 0 Å². The molecule has 0 radical (unpaired) electrons. The third-order valence-corrected chi connectivity index (χ3v) is 1.87. The average molecular weight is 193 g/mol. The zero-order valence-corrected chi connectivity index (χ0v) is 8.42. The van der Waals surface area contributed by atoms with E-state index in [1.54, 1.807) is 19.2 Å². The summed E-state index contributed by atoms with van der Waals surface area (Å²) >= 11 is 0. The van der Waals surface area contributed by atoms with E-state index in [4.69, 9.17) is 15.9 Å². The fourth-order valence-corrected chi connectivity index (χ4v) is 1.16. The molecule has 0 aliphatic carbocycles. The van der Waals surface area contributed by atoms with E-state index < -0.39 is 0 Å². The van der Waals surface area contributed by atoms with Gasteiger partial charge in [-0.15, -0.1) is 0 Å². The molecule has 14 heavy (non-hydrogen) atoms. The number of nitrogens with two attached hydrogens (primary N) is 1. The minimum Gasteiger partial charge on any atom is -0.478 e. The van der Waals surface area contributed by atoms with E-state index in [0.717, 1.165) is 5.69 Å². The first-order valence-electron chi connectivity index (χ1n) is 4.48. The third kappa shape index (κ3) is 2.16. The van der Waals surface area contributed by atoms with Crippen molar-refractivity contribution in [2.45, 2.75) is 6.92 Å². The molecule has 0 unspecified atom stereocenters. The van der Waals surface area contributed by atoms with Crippen molar-refractivity contribution >= 4 is 17.3 Å². The molecule has 0 saturated carbocycles. The zero-order chi connectivity index (χ0) is 10.6. The van der Waals surface area contributed by atoms with Crippen molar-refractivity contribution in [1.29, 1.82) is 5.41 Å². The van der Waals surface area contributed by atoms with Crippen LogP contribution in [0.5, 0.6) is 0 Å². The summed E-state index contributed by atoms with van der Waals surface area (Å²) < 4.78 is 5.06. The fourth-order valence-electron chi connectivity index (χ4n) is 1.16. The first kappa shape index (κ1) is 10.4. The van der Waals surface area contributed by atoms with Crippen LogP contribution in [0.15, 0.2) is 18.2 Å². The van der Waals surface area contributed by atoms with E-state index in [0.29, 0.717) is 17.9 Å². The van der Waals surface area contributed by atoms with Gasteiger partial charge in [-0.25, -0.2) is 0 Å². The highest BCUT2D eigenvalue weighted by Crippen LogP contribution is 2.19. The number of hydrogen-bond acceptors (Lipinski definition) is 4. The molecule has 0 aliphatic heterocycles. The Balaban J connectivity index is 2.91. The smallest absolute Gasteiger partial charge is 0.213 e. The van der Waals surface area contributed by atoms with Crippen LogP contribution in [-0.2, 0) is 4.74 Å². The largest absolute Gasteiger partial charge is 0.478 e. The molecular weight excluding hydrogens is 178 g/mol. The number of benzene rings is 1. The van der Waals surface area contributed by atoms with Crippen LogP contribution in [0.3, 0.4) is 0 Å². The summed E-state index contributed by atoms with van der Waals surface area (Å²) in [7, 11) is 1.80. The molecule has 0 aliphatic rings. The first-order valence-corrected chi connectivity index (χ1v) is 4.48. The summed E-state index contributed by atoms with van der Waals surface area (Å²) in [5.74, 6) is 0.154. The van der Waals surface area contributed by atoms with E-state index in [1.807, 2.05) is 13.0 Å². The molecule has 4 heteroatoms. The fraction of sp³-hybridized carbons (Fsp3) is 0.300. The number of nitrogens with one attached hydrogen (secondary N) is 2. The van der Waals surface area contributed by atoms with Gasteiger partial charge in [0.05, 0.1) is 18.0 Å². The lowest BCUT2D eigenvalue weighted by Gasteiger charge is -2.08. The van der Waals surface area contributed by atoms with Gasteiger partial charge in [0.2, 0.25) is 5.90 Å². The molecule has 1 aromatic rings. The minimum absolute atomic E-state index is 0.154.